The second-order valence-corrected chi connectivity index (χ2v) is 6.43. The molecular weight excluding hydrogens is 324 g/mol. The van der Waals surface area contributed by atoms with Gasteiger partial charge >= 0.3 is 0 Å². The van der Waals surface area contributed by atoms with Gasteiger partial charge in [0.2, 0.25) is 5.91 Å². The van der Waals surface area contributed by atoms with E-state index in [4.69, 9.17) is 11.6 Å². The van der Waals surface area contributed by atoms with Gasteiger partial charge in [-0.15, -0.1) is 0 Å². The molecule has 0 spiro atoms. The van der Waals surface area contributed by atoms with E-state index in [1.54, 1.807) is 12.1 Å². The first-order valence-corrected chi connectivity index (χ1v) is 8.34. The summed E-state index contributed by atoms with van der Waals surface area (Å²) >= 11 is 5.97. The zero-order valence-electron chi connectivity index (χ0n) is 13.5. The first kappa shape index (κ1) is 16.7. The fraction of sp³-hybridized carbons (Fsp3) is 0.263. The fourth-order valence-corrected chi connectivity index (χ4v) is 3.05. The Morgan fingerprint density at radius 2 is 1.92 bits per heavy atom. The number of amides is 2. The Morgan fingerprint density at radius 3 is 2.62 bits per heavy atom. The molecule has 1 heterocycles. The highest BCUT2D eigenvalue weighted by Crippen LogP contribution is 2.23. The van der Waals surface area contributed by atoms with Crippen molar-refractivity contribution in [3.63, 3.8) is 0 Å². The first-order chi connectivity index (χ1) is 11.5. The van der Waals surface area contributed by atoms with Crippen LogP contribution in [0.4, 0.5) is 5.69 Å². The lowest BCUT2D eigenvalue weighted by molar-refractivity contribution is -0.121. The van der Waals surface area contributed by atoms with E-state index in [2.05, 4.69) is 5.32 Å². The number of nitrogens with zero attached hydrogens (tertiary/aromatic N) is 1. The van der Waals surface area contributed by atoms with Gasteiger partial charge in [-0.1, -0.05) is 41.4 Å². The third kappa shape index (κ3) is 3.66. The van der Waals surface area contributed by atoms with Gasteiger partial charge in [-0.3, -0.25) is 9.59 Å². The molecule has 2 aromatic rings. The molecule has 1 unspecified atom stereocenters. The lowest BCUT2D eigenvalue weighted by Crippen LogP contribution is -2.39. The van der Waals surface area contributed by atoms with E-state index in [-0.39, 0.29) is 18.2 Å². The molecule has 1 fully saturated rings. The number of halogens is 1. The van der Waals surface area contributed by atoms with Gasteiger partial charge in [-0.25, -0.2) is 4.90 Å². The van der Waals surface area contributed by atoms with Gasteiger partial charge in [-0.2, -0.15) is 0 Å². The maximum Gasteiger partial charge on any atom is 0.251 e. The van der Waals surface area contributed by atoms with E-state index in [0.717, 1.165) is 17.5 Å². The third-order valence-electron chi connectivity index (χ3n) is 4.13. The fourth-order valence-electron chi connectivity index (χ4n) is 2.84. The minimum Gasteiger partial charge on any atom is -0.305 e. The van der Waals surface area contributed by atoms with E-state index in [9.17, 15) is 9.59 Å². The van der Waals surface area contributed by atoms with Crippen LogP contribution in [0.25, 0.3) is 0 Å². The van der Waals surface area contributed by atoms with Crippen LogP contribution in [0.3, 0.4) is 0 Å². The number of benzene rings is 2. The van der Waals surface area contributed by atoms with Crippen LogP contribution < -0.4 is 10.2 Å². The molecule has 0 bridgehead atoms. The summed E-state index contributed by atoms with van der Waals surface area (Å²) in [5.74, 6) is -0.348. The molecule has 2 amide bonds. The highest BCUT2D eigenvalue weighted by atomic mass is 35.5. The zero-order chi connectivity index (χ0) is 17.1. The Bertz CT molecular complexity index is 758. The number of hydrogen-bond donors (Lipinski definition) is 1. The second kappa shape index (κ2) is 7.16. The highest BCUT2D eigenvalue weighted by Gasteiger charge is 2.39. The zero-order valence-corrected chi connectivity index (χ0v) is 14.2. The third-order valence-corrected chi connectivity index (χ3v) is 4.37. The van der Waals surface area contributed by atoms with Crippen LogP contribution >= 0.6 is 11.6 Å². The van der Waals surface area contributed by atoms with Gasteiger partial charge in [0.05, 0.1) is 18.2 Å². The average molecular weight is 343 g/mol. The molecule has 4 nitrogen and oxygen atoms in total. The number of hydrogen-bond acceptors (Lipinski definition) is 3. The lowest BCUT2D eigenvalue weighted by atomic mass is 10.1. The molecule has 2 aromatic carbocycles. The summed E-state index contributed by atoms with van der Waals surface area (Å²) < 4.78 is 0. The molecule has 0 saturated carbocycles. The average Bonchev–Trinajstić information content (AvgIpc) is 2.83. The summed E-state index contributed by atoms with van der Waals surface area (Å²) in [7, 11) is 0. The molecule has 24 heavy (non-hydrogen) atoms. The molecule has 1 aliphatic rings. The Kier molecular flexibility index (Phi) is 4.97. The van der Waals surface area contributed by atoms with Crippen LogP contribution in [0.15, 0.2) is 48.5 Å². The standard InChI is InChI=1S/C19H19ClN2O2/c1-13-5-7-16(8-6-13)22-18(23)12-17(19(22)24)21-10-9-14-3-2-4-15(20)11-14/h2-8,11,17,21H,9-10,12H2,1H3. The maximum atomic E-state index is 12.5. The van der Waals surface area contributed by atoms with Crippen LogP contribution in [0, 0.1) is 6.92 Å². The molecule has 124 valence electrons. The predicted molar refractivity (Wildman–Crippen MR) is 95.2 cm³/mol. The Morgan fingerprint density at radius 1 is 1.17 bits per heavy atom. The molecule has 1 atom stereocenters. The quantitative estimate of drug-likeness (QED) is 0.849. The second-order valence-electron chi connectivity index (χ2n) is 5.99. The van der Waals surface area contributed by atoms with Crippen LogP contribution in [-0.4, -0.2) is 24.4 Å². The van der Waals surface area contributed by atoms with Crippen molar-refractivity contribution in [2.24, 2.45) is 0 Å². The summed E-state index contributed by atoms with van der Waals surface area (Å²) in [5, 5.41) is 3.88. The predicted octanol–water partition coefficient (Wildman–Crippen LogP) is 3.11. The molecule has 1 N–H and O–H groups in total. The summed E-state index contributed by atoms with van der Waals surface area (Å²) in [6, 6.07) is 14.6. The molecule has 1 aliphatic heterocycles. The number of carbonyl (C=O) groups is 2. The van der Waals surface area contributed by atoms with Crippen LogP contribution in [0.2, 0.25) is 5.02 Å². The molecule has 5 heteroatoms. The summed E-state index contributed by atoms with van der Waals surface area (Å²) in [6.45, 7) is 2.59. The van der Waals surface area contributed by atoms with Gasteiger partial charge in [0, 0.05) is 5.02 Å². The van der Waals surface area contributed by atoms with E-state index >= 15 is 0 Å². The van der Waals surface area contributed by atoms with Crippen molar-refractivity contribution in [2.45, 2.75) is 25.8 Å². The Balaban J connectivity index is 1.60. The number of imide groups is 1. The number of aryl methyl sites for hydroxylation is 1. The molecule has 0 radical (unpaired) electrons. The lowest BCUT2D eigenvalue weighted by Gasteiger charge is -2.15. The van der Waals surface area contributed by atoms with E-state index < -0.39 is 6.04 Å². The SMILES string of the molecule is Cc1ccc(N2C(=O)CC(NCCc3cccc(Cl)c3)C2=O)cc1. The Labute approximate surface area is 146 Å². The van der Waals surface area contributed by atoms with Gasteiger partial charge in [-0.05, 0) is 49.7 Å². The Hall–Kier alpha value is -2.17. The number of anilines is 1. The highest BCUT2D eigenvalue weighted by molar-refractivity contribution is 6.30. The largest absolute Gasteiger partial charge is 0.305 e. The van der Waals surface area contributed by atoms with E-state index in [1.807, 2.05) is 43.3 Å². The van der Waals surface area contributed by atoms with Crippen molar-refractivity contribution in [2.75, 3.05) is 11.4 Å². The summed E-state index contributed by atoms with van der Waals surface area (Å²) in [5.41, 5.74) is 2.82. The smallest absolute Gasteiger partial charge is 0.251 e. The maximum absolute atomic E-state index is 12.5. The normalized spacial score (nSPS) is 17.6. The van der Waals surface area contributed by atoms with Crippen LogP contribution in [0.1, 0.15) is 17.5 Å². The van der Waals surface area contributed by atoms with Crippen molar-refractivity contribution in [3.05, 3.63) is 64.7 Å². The van der Waals surface area contributed by atoms with E-state index in [0.29, 0.717) is 17.3 Å². The summed E-state index contributed by atoms with van der Waals surface area (Å²) in [4.78, 5) is 26.0. The van der Waals surface area contributed by atoms with Gasteiger partial charge in [0.15, 0.2) is 0 Å². The van der Waals surface area contributed by atoms with Crippen molar-refractivity contribution in [1.29, 1.82) is 0 Å². The van der Waals surface area contributed by atoms with Crippen molar-refractivity contribution in [3.8, 4) is 0 Å². The summed E-state index contributed by atoms with van der Waals surface area (Å²) in [6.07, 6.45) is 0.950. The van der Waals surface area contributed by atoms with Gasteiger partial charge in [0.1, 0.15) is 0 Å². The molecule has 0 aliphatic carbocycles. The van der Waals surface area contributed by atoms with Gasteiger partial charge in [0.25, 0.3) is 5.91 Å². The first-order valence-electron chi connectivity index (χ1n) is 7.96. The van der Waals surface area contributed by atoms with Gasteiger partial charge < -0.3 is 5.32 Å². The van der Waals surface area contributed by atoms with Crippen LogP contribution in [0.5, 0.6) is 0 Å². The molecular formula is C19H19ClN2O2. The number of nitrogens with one attached hydrogen (secondary N) is 1. The van der Waals surface area contributed by atoms with Crippen LogP contribution in [-0.2, 0) is 16.0 Å². The topological polar surface area (TPSA) is 49.4 Å². The minimum absolute atomic E-state index is 0.163. The molecule has 3 rings (SSSR count). The van der Waals surface area contributed by atoms with Crippen molar-refractivity contribution < 1.29 is 9.59 Å². The van der Waals surface area contributed by atoms with Crippen molar-refractivity contribution >= 4 is 29.1 Å². The van der Waals surface area contributed by atoms with Crippen molar-refractivity contribution in [1.82, 2.24) is 5.32 Å². The molecule has 0 aromatic heterocycles. The molecule has 1 saturated heterocycles. The number of rotatable bonds is 5. The number of carbonyl (C=O) groups excluding carboxylic acids is 2. The monoisotopic (exact) mass is 342 g/mol. The van der Waals surface area contributed by atoms with E-state index in [1.165, 1.54) is 4.90 Å². The minimum atomic E-state index is -0.460.